The summed E-state index contributed by atoms with van der Waals surface area (Å²) in [5.41, 5.74) is 1.79. The summed E-state index contributed by atoms with van der Waals surface area (Å²) in [6.07, 6.45) is 2.62. The van der Waals surface area contributed by atoms with Gasteiger partial charge in [-0.15, -0.1) is 6.58 Å². The Morgan fingerprint density at radius 2 is 2.10 bits per heavy atom. The molecule has 0 radical (unpaired) electrons. The Balaban J connectivity index is 2.35. The molecule has 3 nitrogen and oxygen atoms in total. The second kappa shape index (κ2) is 6.30. The molecule has 0 aliphatic carbocycles. The van der Waals surface area contributed by atoms with Gasteiger partial charge in [-0.1, -0.05) is 18.2 Å². The van der Waals surface area contributed by atoms with Crippen molar-refractivity contribution in [3.8, 4) is 17.0 Å². The zero-order valence-corrected chi connectivity index (χ0v) is 11.2. The predicted molar refractivity (Wildman–Crippen MR) is 76.0 cm³/mol. The van der Waals surface area contributed by atoms with Crippen LogP contribution in [-0.2, 0) is 0 Å². The third-order valence-corrected chi connectivity index (χ3v) is 3.03. The molecule has 1 N–H and O–H groups in total. The lowest BCUT2D eigenvalue weighted by atomic mass is 10.0. The molecule has 0 bridgehead atoms. The average molecular weight is 273 g/mol. The topological polar surface area (TPSA) is 42.4 Å². The largest absolute Gasteiger partial charge is 0.481 e. The van der Waals surface area contributed by atoms with Gasteiger partial charge in [0.2, 0.25) is 5.88 Å². The number of aliphatic hydroxyl groups is 1. The van der Waals surface area contributed by atoms with Gasteiger partial charge in [0.05, 0.1) is 13.2 Å². The quantitative estimate of drug-likeness (QED) is 0.848. The van der Waals surface area contributed by atoms with E-state index >= 15 is 0 Å². The highest BCUT2D eigenvalue weighted by Crippen LogP contribution is 2.27. The van der Waals surface area contributed by atoms with E-state index in [0.29, 0.717) is 17.9 Å². The van der Waals surface area contributed by atoms with E-state index in [0.717, 1.165) is 5.56 Å². The molecule has 1 aromatic heterocycles. The molecule has 0 amide bonds. The molecule has 1 atom stereocenters. The van der Waals surface area contributed by atoms with Crippen molar-refractivity contribution in [2.75, 3.05) is 7.11 Å². The summed E-state index contributed by atoms with van der Waals surface area (Å²) in [4.78, 5) is 4.01. The number of hydrogen-bond acceptors (Lipinski definition) is 3. The van der Waals surface area contributed by atoms with Crippen LogP contribution in [0.25, 0.3) is 11.1 Å². The van der Waals surface area contributed by atoms with Gasteiger partial charge in [0.15, 0.2) is 0 Å². The van der Waals surface area contributed by atoms with Crippen LogP contribution in [0.5, 0.6) is 5.88 Å². The normalized spacial score (nSPS) is 11.9. The lowest BCUT2D eigenvalue weighted by Gasteiger charge is -2.11. The molecule has 4 heteroatoms. The predicted octanol–water partition coefficient (Wildman–Crippen LogP) is 3.51. The van der Waals surface area contributed by atoms with Crippen LogP contribution >= 0.6 is 0 Å². The molecule has 104 valence electrons. The first kappa shape index (κ1) is 14.2. The fourth-order valence-electron chi connectivity index (χ4n) is 1.96. The van der Waals surface area contributed by atoms with Gasteiger partial charge in [-0.05, 0) is 29.7 Å². The van der Waals surface area contributed by atoms with E-state index in [1.54, 1.807) is 36.5 Å². The second-order valence-corrected chi connectivity index (χ2v) is 4.36. The van der Waals surface area contributed by atoms with E-state index < -0.39 is 11.9 Å². The number of ether oxygens (including phenoxy) is 1. The maximum Gasteiger partial charge on any atom is 0.213 e. The number of nitrogens with zero attached hydrogens (tertiary/aromatic N) is 1. The Morgan fingerprint density at radius 3 is 2.75 bits per heavy atom. The van der Waals surface area contributed by atoms with Crippen molar-refractivity contribution in [3.63, 3.8) is 0 Å². The maximum atomic E-state index is 14.1. The van der Waals surface area contributed by atoms with Crippen molar-refractivity contribution in [2.45, 2.75) is 12.5 Å². The SMILES string of the molecule is C=CCC(O)c1ccc(-c2ccnc(OC)c2)cc1F. The Kier molecular flexibility index (Phi) is 4.48. The van der Waals surface area contributed by atoms with Gasteiger partial charge in [0.25, 0.3) is 0 Å². The third-order valence-electron chi connectivity index (χ3n) is 3.03. The Hall–Kier alpha value is -2.20. The summed E-state index contributed by atoms with van der Waals surface area (Å²) >= 11 is 0. The molecule has 1 heterocycles. The van der Waals surface area contributed by atoms with Gasteiger partial charge < -0.3 is 9.84 Å². The van der Waals surface area contributed by atoms with E-state index in [9.17, 15) is 9.50 Å². The van der Waals surface area contributed by atoms with E-state index in [4.69, 9.17) is 4.74 Å². The Labute approximate surface area is 117 Å². The fourth-order valence-corrected chi connectivity index (χ4v) is 1.96. The molecule has 0 saturated carbocycles. The number of hydrogen-bond donors (Lipinski definition) is 1. The molecule has 0 aliphatic rings. The first-order valence-corrected chi connectivity index (χ1v) is 6.24. The van der Waals surface area contributed by atoms with E-state index in [2.05, 4.69) is 11.6 Å². The van der Waals surface area contributed by atoms with Crippen molar-refractivity contribution < 1.29 is 14.2 Å². The van der Waals surface area contributed by atoms with Crippen LogP contribution < -0.4 is 4.74 Å². The number of aliphatic hydroxyl groups excluding tert-OH is 1. The summed E-state index contributed by atoms with van der Waals surface area (Å²) in [5.74, 6) is 0.0336. The molecule has 20 heavy (non-hydrogen) atoms. The summed E-state index contributed by atoms with van der Waals surface area (Å²) in [6, 6.07) is 8.26. The molecule has 0 spiro atoms. The van der Waals surface area contributed by atoms with Crippen LogP contribution in [-0.4, -0.2) is 17.2 Å². The van der Waals surface area contributed by atoms with Crippen LogP contribution in [0.3, 0.4) is 0 Å². The molecule has 2 aromatic rings. The summed E-state index contributed by atoms with van der Waals surface area (Å²) < 4.78 is 19.1. The van der Waals surface area contributed by atoms with Gasteiger partial charge in [-0.3, -0.25) is 0 Å². The smallest absolute Gasteiger partial charge is 0.213 e. The standard InChI is InChI=1S/C16H16FNO2/c1-3-4-15(19)13-6-5-11(9-14(13)17)12-7-8-18-16(10-12)20-2/h3,5-10,15,19H,1,4H2,2H3. The highest BCUT2D eigenvalue weighted by molar-refractivity contribution is 5.64. The molecule has 0 fully saturated rings. The van der Waals surface area contributed by atoms with E-state index in [-0.39, 0.29) is 5.56 Å². The summed E-state index contributed by atoms with van der Waals surface area (Å²) in [5, 5.41) is 9.80. The molecule has 1 aromatic carbocycles. The van der Waals surface area contributed by atoms with Crippen LogP contribution in [0.15, 0.2) is 49.2 Å². The summed E-state index contributed by atoms with van der Waals surface area (Å²) in [6.45, 7) is 3.54. The molecule has 1 unspecified atom stereocenters. The number of methoxy groups -OCH3 is 1. The molecule has 0 aliphatic heterocycles. The number of pyridine rings is 1. The monoisotopic (exact) mass is 273 g/mol. The zero-order valence-electron chi connectivity index (χ0n) is 11.2. The Bertz CT molecular complexity index is 613. The lowest BCUT2D eigenvalue weighted by molar-refractivity contribution is 0.177. The first-order chi connectivity index (χ1) is 9.65. The van der Waals surface area contributed by atoms with Crippen molar-refractivity contribution >= 4 is 0 Å². The van der Waals surface area contributed by atoms with Gasteiger partial charge in [0.1, 0.15) is 5.82 Å². The van der Waals surface area contributed by atoms with Gasteiger partial charge >= 0.3 is 0 Å². The van der Waals surface area contributed by atoms with Crippen LogP contribution in [0.1, 0.15) is 18.1 Å². The van der Waals surface area contributed by atoms with Crippen molar-refractivity contribution in [1.82, 2.24) is 4.98 Å². The lowest BCUT2D eigenvalue weighted by Crippen LogP contribution is -1.99. The average Bonchev–Trinajstić information content (AvgIpc) is 2.47. The van der Waals surface area contributed by atoms with Gasteiger partial charge in [-0.25, -0.2) is 9.37 Å². The zero-order chi connectivity index (χ0) is 14.5. The number of rotatable bonds is 5. The fraction of sp³-hybridized carbons (Fsp3) is 0.188. The maximum absolute atomic E-state index is 14.1. The minimum absolute atomic E-state index is 0.273. The Morgan fingerprint density at radius 1 is 1.35 bits per heavy atom. The minimum atomic E-state index is -0.867. The van der Waals surface area contributed by atoms with Crippen LogP contribution in [0, 0.1) is 5.82 Å². The van der Waals surface area contributed by atoms with Crippen molar-refractivity contribution in [2.24, 2.45) is 0 Å². The highest BCUT2D eigenvalue weighted by atomic mass is 19.1. The van der Waals surface area contributed by atoms with Crippen molar-refractivity contribution in [1.29, 1.82) is 0 Å². The number of halogens is 1. The third kappa shape index (κ3) is 3.03. The van der Waals surface area contributed by atoms with Gasteiger partial charge in [-0.2, -0.15) is 0 Å². The van der Waals surface area contributed by atoms with Gasteiger partial charge in [0, 0.05) is 17.8 Å². The highest BCUT2D eigenvalue weighted by Gasteiger charge is 2.12. The van der Waals surface area contributed by atoms with E-state index in [1.165, 1.54) is 13.2 Å². The molecule has 2 rings (SSSR count). The minimum Gasteiger partial charge on any atom is -0.481 e. The number of aromatic nitrogens is 1. The summed E-state index contributed by atoms with van der Waals surface area (Å²) in [7, 11) is 1.53. The number of benzene rings is 1. The molecule has 0 saturated heterocycles. The van der Waals surface area contributed by atoms with Crippen LogP contribution in [0.2, 0.25) is 0 Å². The molecular weight excluding hydrogens is 257 g/mol. The van der Waals surface area contributed by atoms with Crippen molar-refractivity contribution in [3.05, 3.63) is 60.6 Å². The first-order valence-electron chi connectivity index (χ1n) is 6.24. The van der Waals surface area contributed by atoms with Crippen LogP contribution in [0.4, 0.5) is 4.39 Å². The molecular formula is C16H16FNO2. The van der Waals surface area contributed by atoms with E-state index in [1.807, 2.05) is 0 Å². The second-order valence-electron chi connectivity index (χ2n) is 4.36.